The first-order valence-corrected chi connectivity index (χ1v) is 8.33. The number of aryl methyl sites for hydroxylation is 1. The van der Waals surface area contributed by atoms with Crippen LogP contribution in [0.3, 0.4) is 0 Å². The van der Waals surface area contributed by atoms with E-state index < -0.39 is 0 Å². The van der Waals surface area contributed by atoms with Crippen LogP contribution in [0.4, 0.5) is 17.5 Å². The normalized spacial score (nSPS) is 10.6. The summed E-state index contributed by atoms with van der Waals surface area (Å²) in [5.41, 5.74) is 8.49. The fourth-order valence-corrected chi connectivity index (χ4v) is 2.53. The molecule has 4 rings (SSSR count). The Morgan fingerprint density at radius 1 is 0.963 bits per heavy atom. The zero-order valence-electron chi connectivity index (χ0n) is 14.6. The molecule has 0 spiro atoms. The minimum absolute atomic E-state index is 0.336. The average molecular weight is 359 g/mol. The molecule has 2 aromatic heterocycles. The van der Waals surface area contributed by atoms with Gasteiger partial charge in [-0.3, -0.25) is 0 Å². The number of nitrogens with one attached hydrogen (secondary N) is 1. The number of ether oxygens (including phenoxy) is 1. The van der Waals surface area contributed by atoms with Crippen molar-refractivity contribution >= 4 is 17.5 Å². The van der Waals surface area contributed by atoms with Crippen LogP contribution in [0.5, 0.6) is 11.5 Å². The molecule has 0 bridgehead atoms. The van der Waals surface area contributed by atoms with Gasteiger partial charge in [-0.2, -0.15) is 0 Å². The molecule has 4 aromatic rings. The zero-order chi connectivity index (χ0) is 18.6. The molecule has 0 unspecified atom stereocenters. The molecule has 0 aliphatic carbocycles. The van der Waals surface area contributed by atoms with Crippen molar-refractivity contribution in [1.82, 2.24) is 15.2 Å². The van der Waals surface area contributed by atoms with Gasteiger partial charge in [0.2, 0.25) is 5.89 Å². The minimum Gasteiger partial charge on any atom is -0.457 e. The molecule has 0 amide bonds. The smallest absolute Gasteiger partial charge is 0.320 e. The number of hydrogen-bond donors (Lipinski definition) is 2. The van der Waals surface area contributed by atoms with Gasteiger partial charge in [-0.25, -0.2) is 4.98 Å². The lowest BCUT2D eigenvalue weighted by Crippen LogP contribution is -1.90. The molecule has 0 saturated carbocycles. The third-order valence-electron chi connectivity index (χ3n) is 3.78. The van der Waals surface area contributed by atoms with Gasteiger partial charge in [-0.15, -0.1) is 5.10 Å². The monoisotopic (exact) mass is 359 g/mol. The van der Waals surface area contributed by atoms with E-state index in [1.807, 2.05) is 55.5 Å². The Morgan fingerprint density at radius 2 is 1.81 bits per heavy atom. The van der Waals surface area contributed by atoms with Crippen LogP contribution in [-0.4, -0.2) is 15.2 Å². The molecule has 7 nitrogen and oxygen atoms in total. The van der Waals surface area contributed by atoms with Crippen molar-refractivity contribution in [3.63, 3.8) is 0 Å². The van der Waals surface area contributed by atoms with Crippen LogP contribution < -0.4 is 15.8 Å². The van der Waals surface area contributed by atoms with Gasteiger partial charge in [0.1, 0.15) is 17.3 Å². The summed E-state index contributed by atoms with van der Waals surface area (Å²) in [6, 6.07) is 19.0. The molecule has 3 N–H and O–H groups in total. The molecule has 2 aromatic carbocycles. The highest BCUT2D eigenvalue weighted by Gasteiger charge is 2.09. The summed E-state index contributed by atoms with van der Waals surface area (Å²) in [4.78, 5) is 3.94. The number of rotatable bonds is 5. The Hall–Kier alpha value is -3.87. The molecular weight excluding hydrogens is 342 g/mol. The average Bonchev–Trinajstić information content (AvgIpc) is 3.11. The first-order chi connectivity index (χ1) is 13.2. The highest BCUT2D eigenvalue weighted by Crippen LogP contribution is 2.27. The van der Waals surface area contributed by atoms with Crippen LogP contribution >= 0.6 is 0 Å². The van der Waals surface area contributed by atoms with E-state index in [0.717, 1.165) is 16.8 Å². The van der Waals surface area contributed by atoms with Gasteiger partial charge in [-0.05, 0) is 55.0 Å². The number of benzene rings is 2. The Kier molecular flexibility index (Phi) is 4.40. The van der Waals surface area contributed by atoms with Gasteiger partial charge in [0.05, 0.1) is 0 Å². The number of nitrogens with two attached hydrogens (primary N) is 1. The highest BCUT2D eigenvalue weighted by molar-refractivity contribution is 5.58. The van der Waals surface area contributed by atoms with Crippen LogP contribution in [0, 0.1) is 6.92 Å². The van der Waals surface area contributed by atoms with E-state index in [9.17, 15) is 0 Å². The third-order valence-corrected chi connectivity index (χ3v) is 3.78. The zero-order valence-corrected chi connectivity index (χ0v) is 14.6. The molecular formula is C20H17N5O2. The summed E-state index contributed by atoms with van der Waals surface area (Å²) >= 11 is 0. The van der Waals surface area contributed by atoms with Gasteiger partial charge in [0.15, 0.2) is 0 Å². The predicted molar refractivity (Wildman–Crippen MR) is 103 cm³/mol. The van der Waals surface area contributed by atoms with E-state index in [2.05, 4.69) is 20.5 Å². The summed E-state index contributed by atoms with van der Waals surface area (Å²) in [5.74, 6) is 2.12. The Balaban J connectivity index is 1.47. The fourth-order valence-electron chi connectivity index (χ4n) is 2.53. The number of anilines is 3. The molecule has 0 aliphatic heterocycles. The van der Waals surface area contributed by atoms with Gasteiger partial charge in [0, 0.05) is 23.5 Å². The van der Waals surface area contributed by atoms with Crippen molar-refractivity contribution in [3.8, 4) is 23.0 Å². The number of nitrogens with zero attached hydrogens (tertiary/aromatic N) is 3. The Morgan fingerprint density at radius 3 is 2.59 bits per heavy atom. The number of aromatic nitrogens is 3. The molecule has 0 aliphatic rings. The molecule has 0 saturated heterocycles. The minimum atomic E-state index is 0.336. The van der Waals surface area contributed by atoms with E-state index in [1.54, 1.807) is 18.3 Å². The van der Waals surface area contributed by atoms with Crippen molar-refractivity contribution in [2.45, 2.75) is 6.92 Å². The van der Waals surface area contributed by atoms with Crippen molar-refractivity contribution in [2.24, 2.45) is 0 Å². The predicted octanol–water partition coefficient (Wildman–Crippen LogP) is 4.56. The lowest BCUT2D eigenvalue weighted by Gasteiger charge is -2.06. The van der Waals surface area contributed by atoms with E-state index in [4.69, 9.17) is 14.9 Å². The number of nitrogen functional groups attached to an aromatic ring is 1. The van der Waals surface area contributed by atoms with Gasteiger partial charge in [-0.1, -0.05) is 17.2 Å². The molecule has 0 atom stereocenters. The first kappa shape index (κ1) is 16.6. The van der Waals surface area contributed by atoms with Gasteiger partial charge in [0.25, 0.3) is 0 Å². The van der Waals surface area contributed by atoms with Crippen LogP contribution in [0.15, 0.2) is 71.3 Å². The molecule has 2 heterocycles. The van der Waals surface area contributed by atoms with E-state index in [-0.39, 0.29) is 0 Å². The SMILES string of the molecule is Cc1cccc(Nc2nnc(-c3ccc(Oc4ccnc(N)c4)cc3)o2)c1. The van der Waals surface area contributed by atoms with Crippen molar-refractivity contribution < 1.29 is 9.15 Å². The molecule has 0 fully saturated rings. The highest BCUT2D eigenvalue weighted by atomic mass is 16.5. The van der Waals surface area contributed by atoms with Crippen molar-refractivity contribution in [3.05, 3.63) is 72.4 Å². The Labute approximate surface area is 155 Å². The topological polar surface area (TPSA) is 99.1 Å². The third kappa shape index (κ3) is 4.04. The second-order valence-corrected chi connectivity index (χ2v) is 5.95. The maximum absolute atomic E-state index is 5.75. The number of pyridine rings is 1. The van der Waals surface area contributed by atoms with Crippen LogP contribution in [-0.2, 0) is 0 Å². The summed E-state index contributed by atoms with van der Waals surface area (Å²) in [6.45, 7) is 2.02. The van der Waals surface area contributed by atoms with Crippen LogP contribution in [0.1, 0.15) is 5.56 Å². The lowest BCUT2D eigenvalue weighted by molar-refractivity contribution is 0.482. The second kappa shape index (κ2) is 7.17. The molecule has 0 radical (unpaired) electrons. The van der Waals surface area contributed by atoms with Crippen LogP contribution in [0.2, 0.25) is 0 Å². The maximum Gasteiger partial charge on any atom is 0.320 e. The van der Waals surface area contributed by atoms with E-state index in [1.165, 1.54) is 0 Å². The standard InChI is InChI=1S/C20H17N5O2/c1-13-3-2-4-15(11-13)23-20-25-24-19(27-20)14-5-7-16(8-6-14)26-17-9-10-22-18(21)12-17/h2-12H,1H3,(H2,21,22)(H,23,25). The van der Waals surface area contributed by atoms with Crippen molar-refractivity contribution in [1.29, 1.82) is 0 Å². The van der Waals surface area contributed by atoms with E-state index >= 15 is 0 Å². The lowest BCUT2D eigenvalue weighted by atomic mass is 10.2. The summed E-state index contributed by atoms with van der Waals surface area (Å²) in [7, 11) is 0. The Bertz CT molecular complexity index is 1060. The van der Waals surface area contributed by atoms with Crippen LogP contribution in [0.25, 0.3) is 11.5 Å². The second-order valence-electron chi connectivity index (χ2n) is 5.95. The molecule has 27 heavy (non-hydrogen) atoms. The fraction of sp³-hybridized carbons (Fsp3) is 0.0500. The summed E-state index contributed by atoms with van der Waals surface area (Å²) < 4.78 is 11.4. The summed E-state index contributed by atoms with van der Waals surface area (Å²) in [6.07, 6.45) is 1.60. The maximum atomic E-state index is 5.75. The number of hydrogen-bond acceptors (Lipinski definition) is 7. The first-order valence-electron chi connectivity index (χ1n) is 8.33. The quantitative estimate of drug-likeness (QED) is 0.539. The largest absolute Gasteiger partial charge is 0.457 e. The van der Waals surface area contributed by atoms with Gasteiger partial charge >= 0.3 is 6.01 Å². The summed E-state index contributed by atoms with van der Waals surface area (Å²) in [5, 5.41) is 11.2. The van der Waals surface area contributed by atoms with Crippen molar-refractivity contribution in [2.75, 3.05) is 11.1 Å². The van der Waals surface area contributed by atoms with E-state index in [0.29, 0.717) is 29.2 Å². The van der Waals surface area contributed by atoms with Gasteiger partial charge < -0.3 is 20.2 Å². The molecule has 134 valence electrons. The molecule has 7 heteroatoms.